The first-order chi connectivity index (χ1) is 10.1. The molecule has 0 bridgehead atoms. The first-order valence-electron chi connectivity index (χ1n) is 7.67. The van der Waals surface area contributed by atoms with Crippen molar-refractivity contribution in [3.63, 3.8) is 0 Å². The zero-order valence-electron chi connectivity index (χ0n) is 12.8. The smallest absolute Gasteiger partial charge is 0.150 e. The maximum Gasteiger partial charge on any atom is 0.150 e. The maximum atomic E-state index is 11.6. The van der Waals surface area contributed by atoms with E-state index in [1.165, 1.54) is 5.56 Å². The Kier molecular flexibility index (Phi) is 5.65. The maximum absolute atomic E-state index is 11.6. The Hall–Kier alpha value is -1.07. The van der Waals surface area contributed by atoms with Gasteiger partial charge in [-0.15, -0.1) is 0 Å². The van der Waals surface area contributed by atoms with Gasteiger partial charge in [-0.25, -0.2) is 8.42 Å². The Morgan fingerprint density at radius 3 is 2.86 bits per heavy atom. The monoisotopic (exact) mass is 311 g/mol. The molecule has 1 aromatic carbocycles. The molecule has 4 nitrogen and oxygen atoms in total. The molecule has 2 atom stereocenters. The lowest BCUT2D eigenvalue weighted by Crippen LogP contribution is -2.35. The lowest BCUT2D eigenvalue weighted by atomic mass is 9.84. The third-order valence-electron chi connectivity index (χ3n) is 4.27. The van der Waals surface area contributed by atoms with Crippen LogP contribution in [-0.4, -0.2) is 39.6 Å². The predicted molar refractivity (Wildman–Crippen MR) is 85.7 cm³/mol. The molecule has 118 valence electrons. The zero-order chi connectivity index (χ0) is 15.3. The molecular weight excluding hydrogens is 286 g/mol. The highest BCUT2D eigenvalue weighted by molar-refractivity contribution is 7.91. The molecule has 1 aliphatic heterocycles. The van der Waals surface area contributed by atoms with E-state index in [4.69, 9.17) is 4.74 Å². The first kappa shape index (κ1) is 16.3. The number of hydrogen-bond donors (Lipinski definition) is 1. The van der Waals surface area contributed by atoms with Crippen LogP contribution in [0.3, 0.4) is 0 Å². The molecule has 1 N–H and O–H groups in total. The van der Waals surface area contributed by atoms with Gasteiger partial charge in [0.15, 0.2) is 0 Å². The molecule has 2 rings (SSSR count). The number of rotatable bonds is 7. The van der Waals surface area contributed by atoms with Crippen molar-refractivity contribution in [1.82, 2.24) is 5.32 Å². The Morgan fingerprint density at radius 2 is 2.14 bits per heavy atom. The predicted octanol–water partition coefficient (Wildman–Crippen LogP) is 2.36. The van der Waals surface area contributed by atoms with Crippen LogP contribution in [0.15, 0.2) is 24.3 Å². The van der Waals surface area contributed by atoms with Crippen molar-refractivity contribution in [2.24, 2.45) is 0 Å². The van der Waals surface area contributed by atoms with E-state index in [2.05, 4.69) is 11.4 Å². The topological polar surface area (TPSA) is 55.4 Å². The van der Waals surface area contributed by atoms with Crippen molar-refractivity contribution in [3.05, 3.63) is 29.8 Å². The number of benzene rings is 1. The molecule has 0 amide bonds. The van der Waals surface area contributed by atoms with Crippen LogP contribution in [0.1, 0.15) is 37.7 Å². The number of para-hydroxylation sites is 1. The first-order valence-corrected chi connectivity index (χ1v) is 9.49. The van der Waals surface area contributed by atoms with Crippen LogP contribution in [0.4, 0.5) is 0 Å². The normalized spacial score (nSPS) is 19.6. The minimum absolute atomic E-state index is 0.233. The molecule has 0 radical (unpaired) electrons. The second kappa shape index (κ2) is 7.27. The van der Waals surface area contributed by atoms with Crippen LogP contribution in [0.2, 0.25) is 0 Å². The lowest BCUT2D eigenvalue weighted by Gasteiger charge is -2.32. The van der Waals surface area contributed by atoms with Gasteiger partial charge in [-0.1, -0.05) is 25.1 Å². The van der Waals surface area contributed by atoms with Gasteiger partial charge < -0.3 is 10.1 Å². The summed E-state index contributed by atoms with van der Waals surface area (Å²) in [6, 6.07) is 8.45. The van der Waals surface area contributed by atoms with Crippen LogP contribution >= 0.6 is 0 Å². The van der Waals surface area contributed by atoms with E-state index >= 15 is 0 Å². The number of likely N-dealkylation sites (N-methyl/N-ethyl adjacent to an activating group) is 1. The zero-order valence-corrected chi connectivity index (χ0v) is 13.7. The molecule has 1 heterocycles. The van der Waals surface area contributed by atoms with Gasteiger partial charge >= 0.3 is 0 Å². The van der Waals surface area contributed by atoms with Crippen molar-refractivity contribution in [2.45, 2.75) is 38.1 Å². The Bertz CT molecular complexity index is 556. The van der Waals surface area contributed by atoms with Crippen molar-refractivity contribution in [3.8, 4) is 5.75 Å². The van der Waals surface area contributed by atoms with Crippen molar-refractivity contribution in [2.75, 3.05) is 25.2 Å². The van der Waals surface area contributed by atoms with Gasteiger partial charge in [0.25, 0.3) is 0 Å². The summed E-state index contributed by atoms with van der Waals surface area (Å²) >= 11 is 0. The number of nitrogens with one attached hydrogen (secondary N) is 1. The number of hydrogen-bond acceptors (Lipinski definition) is 4. The second-order valence-corrected chi connectivity index (χ2v) is 8.03. The molecule has 1 aromatic rings. The van der Waals surface area contributed by atoms with E-state index in [0.29, 0.717) is 18.4 Å². The molecular formula is C16H25NO3S. The van der Waals surface area contributed by atoms with Crippen LogP contribution < -0.4 is 10.1 Å². The summed E-state index contributed by atoms with van der Waals surface area (Å²) in [7, 11) is -0.912. The third kappa shape index (κ3) is 4.20. The molecule has 2 unspecified atom stereocenters. The Labute approximate surface area is 127 Å². The Balaban J connectivity index is 2.02. The van der Waals surface area contributed by atoms with Crippen molar-refractivity contribution >= 4 is 9.84 Å². The Morgan fingerprint density at radius 1 is 1.38 bits per heavy atom. The van der Waals surface area contributed by atoms with Gasteiger partial charge in [-0.05, 0) is 37.9 Å². The van der Waals surface area contributed by atoms with E-state index in [0.717, 1.165) is 25.2 Å². The van der Waals surface area contributed by atoms with Gasteiger partial charge in [-0.2, -0.15) is 0 Å². The van der Waals surface area contributed by atoms with E-state index in [1.807, 2.05) is 25.2 Å². The van der Waals surface area contributed by atoms with Gasteiger partial charge in [0.1, 0.15) is 15.6 Å². The van der Waals surface area contributed by atoms with Crippen LogP contribution in [0.5, 0.6) is 5.75 Å². The van der Waals surface area contributed by atoms with Crippen molar-refractivity contribution in [1.29, 1.82) is 0 Å². The number of ether oxygens (including phenoxy) is 1. The fourth-order valence-electron chi connectivity index (χ4n) is 3.00. The second-order valence-electron chi connectivity index (χ2n) is 5.56. The van der Waals surface area contributed by atoms with Gasteiger partial charge in [0, 0.05) is 17.7 Å². The average Bonchev–Trinajstić information content (AvgIpc) is 2.51. The fourth-order valence-corrected chi connectivity index (χ4v) is 3.90. The standard InChI is InChI=1S/C16H25NO3S/c1-3-21(18,19)12-6-8-15(17-2)13-10-11-20-16-9-5-4-7-14(13)16/h4-5,7,9,13,15,17H,3,6,8,10-12H2,1-2H3. The van der Waals surface area contributed by atoms with Gasteiger partial charge in [-0.3, -0.25) is 0 Å². The average molecular weight is 311 g/mol. The molecule has 0 spiro atoms. The van der Waals surface area contributed by atoms with Crippen molar-refractivity contribution < 1.29 is 13.2 Å². The van der Waals surface area contributed by atoms with Crippen LogP contribution in [-0.2, 0) is 9.84 Å². The van der Waals surface area contributed by atoms with Gasteiger partial charge in [0.2, 0.25) is 0 Å². The minimum Gasteiger partial charge on any atom is -0.493 e. The largest absolute Gasteiger partial charge is 0.493 e. The third-order valence-corrected chi connectivity index (χ3v) is 6.06. The van der Waals surface area contributed by atoms with E-state index < -0.39 is 9.84 Å². The summed E-state index contributed by atoms with van der Waals surface area (Å²) < 4.78 is 28.9. The number of sulfone groups is 1. The van der Waals surface area contributed by atoms with Gasteiger partial charge in [0.05, 0.1) is 12.4 Å². The minimum atomic E-state index is -2.87. The van der Waals surface area contributed by atoms with Crippen LogP contribution in [0, 0.1) is 0 Å². The molecule has 0 aliphatic carbocycles. The van der Waals surface area contributed by atoms with E-state index in [9.17, 15) is 8.42 Å². The summed E-state index contributed by atoms with van der Waals surface area (Å²) in [6.07, 6.45) is 2.55. The summed E-state index contributed by atoms with van der Waals surface area (Å²) in [6.45, 7) is 2.44. The summed E-state index contributed by atoms with van der Waals surface area (Å²) in [4.78, 5) is 0. The molecule has 0 fully saturated rings. The van der Waals surface area contributed by atoms with E-state index in [-0.39, 0.29) is 11.5 Å². The molecule has 0 aromatic heterocycles. The summed E-state index contributed by atoms with van der Waals surface area (Å²) in [5, 5.41) is 3.37. The molecule has 21 heavy (non-hydrogen) atoms. The summed E-state index contributed by atoms with van der Waals surface area (Å²) in [5.74, 6) is 1.88. The van der Waals surface area contributed by atoms with Crippen LogP contribution in [0.25, 0.3) is 0 Å². The summed E-state index contributed by atoms with van der Waals surface area (Å²) in [5.41, 5.74) is 1.24. The SMILES string of the molecule is CCS(=O)(=O)CCCC(NC)C1CCOc2ccccc21. The molecule has 5 heteroatoms. The molecule has 1 aliphatic rings. The molecule has 0 saturated heterocycles. The quantitative estimate of drug-likeness (QED) is 0.840. The number of fused-ring (bicyclic) bond motifs is 1. The highest BCUT2D eigenvalue weighted by Gasteiger charge is 2.27. The van der Waals surface area contributed by atoms with E-state index in [1.54, 1.807) is 6.92 Å². The highest BCUT2D eigenvalue weighted by atomic mass is 32.2. The highest BCUT2D eigenvalue weighted by Crippen LogP contribution is 2.36. The molecule has 0 saturated carbocycles. The fraction of sp³-hybridized carbons (Fsp3) is 0.625. The lowest BCUT2D eigenvalue weighted by molar-refractivity contribution is 0.244.